The highest BCUT2D eigenvalue weighted by atomic mass is 16.6. The largest absolute Gasteiger partial charge is 0.464 e. The number of H-pyrrole nitrogens is 1. The van der Waals surface area contributed by atoms with Crippen molar-refractivity contribution < 1.29 is 14.5 Å². The zero-order chi connectivity index (χ0) is 14.0. The Bertz CT molecular complexity index is 620. The first-order valence-electron chi connectivity index (χ1n) is 5.83. The monoisotopic (exact) mass is 262 g/mol. The van der Waals surface area contributed by atoms with Gasteiger partial charge in [-0.3, -0.25) is 10.1 Å². The van der Waals surface area contributed by atoms with Crippen LogP contribution in [0.2, 0.25) is 0 Å². The lowest BCUT2D eigenvalue weighted by Gasteiger charge is -2.14. The summed E-state index contributed by atoms with van der Waals surface area (Å²) < 4.78 is 4.51. The molecule has 0 aliphatic rings. The summed E-state index contributed by atoms with van der Waals surface area (Å²) in [4.78, 5) is 25.1. The molecule has 0 aliphatic carbocycles. The van der Waals surface area contributed by atoms with Gasteiger partial charge in [0.15, 0.2) is 0 Å². The fourth-order valence-corrected chi connectivity index (χ4v) is 2.23. The van der Waals surface area contributed by atoms with E-state index in [2.05, 4.69) is 9.72 Å². The highest BCUT2D eigenvalue weighted by molar-refractivity contribution is 5.85. The summed E-state index contributed by atoms with van der Waals surface area (Å²) in [7, 11) is 1.15. The average Bonchev–Trinajstić information content (AvgIpc) is 2.81. The number of ether oxygens (including phenoxy) is 1. The van der Waals surface area contributed by atoms with Crippen molar-refractivity contribution in [1.82, 2.24) is 4.98 Å². The first-order chi connectivity index (χ1) is 9.06. The van der Waals surface area contributed by atoms with Crippen molar-refractivity contribution >= 4 is 16.9 Å². The molecular weight excluding hydrogens is 248 g/mol. The van der Waals surface area contributed by atoms with Gasteiger partial charge in [0, 0.05) is 22.0 Å². The Hall–Kier alpha value is -2.37. The summed E-state index contributed by atoms with van der Waals surface area (Å²) in [5.41, 5.74) is 1.62. The number of nitrogens with zero attached hydrogens (tertiary/aromatic N) is 1. The summed E-state index contributed by atoms with van der Waals surface area (Å²) in [6.07, 6.45) is 1.70. The molecule has 1 N–H and O–H groups in total. The van der Waals surface area contributed by atoms with Crippen molar-refractivity contribution in [2.45, 2.75) is 18.9 Å². The summed E-state index contributed by atoms with van der Waals surface area (Å²) >= 11 is 0. The van der Waals surface area contributed by atoms with Crippen LogP contribution in [0.15, 0.2) is 30.5 Å². The first kappa shape index (κ1) is 13.1. The normalized spacial score (nSPS) is 14.0. The lowest BCUT2D eigenvalue weighted by atomic mass is 9.93. The highest BCUT2D eigenvalue weighted by Crippen LogP contribution is 2.29. The van der Waals surface area contributed by atoms with Crippen LogP contribution in [-0.4, -0.2) is 29.0 Å². The predicted molar refractivity (Wildman–Crippen MR) is 69.5 cm³/mol. The third-order valence-electron chi connectivity index (χ3n) is 3.26. The molecule has 0 unspecified atom stereocenters. The standard InChI is InChI=1S/C13H14N2O4/c1-8(12(15(17)18)13(16)19-2)10-7-14-11-6-4-3-5-9(10)11/h3-8,12,14H,1-2H3/t8-,12+/m1/s1. The lowest BCUT2D eigenvalue weighted by molar-refractivity contribution is -0.513. The van der Waals surface area contributed by atoms with Crippen LogP contribution in [-0.2, 0) is 9.53 Å². The summed E-state index contributed by atoms with van der Waals surface area (Å²) in [6.45, 7) is 1.65. The molecule has 6 heteroatoms. The first-order valence-corrected chi connectivity index (χ1v) is 5.83. The van der Waals surface area contributed by atoms with Crippen molar-refractivity contribution in [3.63, 3.8) is 0 Å². The molecule has 19 heavy (non-hydrogen) atoms. The van der Waals surface area contributed by atoms with E-state index in [1.54, 1.807) is 13.1 Å². The number of para-hydroxylation sites is 1. The Morgan fingerprint density at radius 2 is 2.11 bits per heavy atom. The molecule has 0 saturated heterocycles. The number of nitro groups is 1. The number of esters is 1. The number of carbonyl (C=O) groups is 1. The molecule has 6 nitrogen and oxygen atoms in total. The molecule has 2 aromatic rings. The molecule has 1 aromatic carbocycles. The van der Waals surface area contributed by atoms with Crippen molar-refractivity contribution in [2.75, 3.05) is 7.11 Å². The van der Waals surface area contributed by atoms with Crippen molar-refractivity contribution in [3.05, 3.63) is 46.1 Å². The Kier molecular flexibility index (Phi) is 3.50. The smallest absolute Gasteiger partial charge is 0.382 e. The van der Waals surface area contributed by atoms with Gasteiger partial charge in [0.05, 0.1) is 13.0 Å². The number of rotatable bonds is 4. The number of nitrogens with one attached hydrogen (secondary N) is 1. The fraction of sp³-hybridized carbons (Fsp3) is 0.308. The molecule has 100 valence electrons. The van der Waals surface area contributed by atoms with E-state index in [9.17, 15) is 14.9 Å². The maximum Gasteiger partial charge on any atom is 0.382 e. The van der Waals surface area contributed by atoms with Crippen molar-refractivity contribution in [3.8, 4) is 0 Å². The van der Waals surface area contributed by atoms with Crippen LogP contribution in [0, 0.1) is 10.1 Å². The number of benzene rings is 1. The number of methoxy groups -OCH3 is 1. The number of hydrogen-bond donors (Lipinski definition) is 1. The summed E-state index contributed by atoms with van der Waals surface area (Å²) in [5.74, 6) is -1.40. The number of aromatic nitrogens is 1. The van der Waals surface area contributed by atoms with Crippen LogP contribution in [0.3, 0.4) is 0 Å². The van der Waals surface area contributed by atoms with E-state index in [0.717, 1.165) is 23.6 Å². The van der Waals surface area contributed by atoms with Gasteiger partial charge < -0.3 is 9.72 Å². The zero-order valence-corrected chi connectivity index (χ0v) is 10.6. The van der Waals surface area contributed by atoms with Gasteiger partial charge in [-0.25, -0.2) is 4.79 Å². The zero-order valence-electron chi connectivity index (χ0n) is 10.6. The van der Waals surface area contributed by atoms with E-state index in [4.69, 9.17) is 0 Å². The summed E-state index contributed by atoms with van der Waals surface area (Å²) in [6, 6.07) is 6.07. The minimum atomic E-state index is -1.40. The van der Waals surface area contributed by atoms with Gasteiger partial charge in [0.2, 0.25) is 0 Å². The van der Waals surface area contributed by atoms with Crippen LogP contribution in [0.4, 0.5) is 0 Å². The van der Waals surface area contributed by atoms with E-state index in [-0.39, 0.29) is 0 Å². The van der Waals surface area contributed by atoms with Gasteiger partial charge in [-0.15, -0.1) is 0 Å². The van der Waals surface area contributed by atoms with E-state index in [0.29, 0.717) is 0 Å². The molecule has 0 saturated carbocycles. The van der Waals surface area contributed by atoms with Gasteiger partial charge in [0.25, 0.3) is 0 Å². The van der Waals surface area contributed by atoms with Gasteiger partial charge in [-0.1, -0.05) is 25.1 Å². The Labute approximate surface area is 109 Å². The second-order valence-corrected chi connectivity index (χ2v) is 4.33. The molecule has 0 fully saturated rings. The van der Waals surface area contributed by atoms with E-state index >= 15 is 0 Å². The Morgan fingerprint density at radius 3 is 2.74 bits per heavy atom. The maximum absolute atomic E-state index is 11.6. The van der Waals surface area contributed by atoms with Crippen LogP contribution in [0.5, 0.6) is 0 Å². The molecule has 0 amide bonds. The lowest BCUT2D eigenvalue weighted by Crippen LogP contribution is -2.35. The fourth-order valence-electron chi connectivity index (χ4n) is 2.23. The SMILES string of the molecule is COC(=O)[C@H]([C@H](C)c1c[nH]c2ccccc12)[N+](=O)[O-]. The minimum Gasteiger partial charge on any atom is -0.464 e. The molecule has 0 bridgehead atoms. The molecular formula is C13H14N2O4. The maximum atomic E-state index is 11.6. The quantitative estimate of drug-likeness (QED) is 0.519. The van der Waals surface area contributed by atoms with Crippen molar-refractivity contribution in [2.24, 2.45) is 0 Å². The van der Waals surface area contributed by atoms with E-state index in [1.807, 2.05) is 24.3 Å². The second kappa shape index (κ2) is 5.09. The van der Waals surface area contributed by atoms with Gasteiger partial charge in [0.1, 0.15) is 0 Å². The van der Waals surface area contributed by atoms with Crippen LogP contribution in [0.25, 0.3) is 10.9 Å². The highest BCUT2D eigenvalue weighted by Gasteiger charge is 2.38. The topological polar surface area (TPSA) is 85.2 Å². The minimum absolute atomic E-state index is 0.571. The second-order valence-electron chi connectivity index (χ2n) is 4.33. The van der Waals surface area contributed by atoms with Crippen molar-refractivity contribution in [1.29, 1.82) is 0 Å². The third kappa shape index (κ3) is 2.29. The van der Waals surface area contributed by atoms with E-state index < -0.39 is 22.9 Å². The van der Waals surface area contributed by atoms with E-state index in [1.165, 1.54) is 0 Å². The van der Waals surface area contributed by atoms with Crippen LogP contribution < -0.4 is 0 Å². The predicted octanol–water partition coefficient (Wildman–Crippen LogP) is 2.09. The van der Waals surface area contributed by atoms with Crippen LogP contribution >= 0.6 is 0 Å². The Balaban J connectivity index is 2.44. The molecule has 0 spiro atoms. The molecule has 1 heterocycles. The van der Waals surface area contributed by atoms with Crippen LogP contribution in [0.1, 0.15) is 18.4 Å². The van der Waals surface area contributed by atoms with Gasteiger partial charge >= 0.3 is 12.0 Å². The molecule has 0 radical (unpaired) electrons. The molecule has 1 aromatic heterocycles. The van der Waals surface area contributed by atoms with Gasteiger partial charge in [-0.2, -0.15) is 0 Å². The Morgan fingerprint density at radius 1 is 1.42 bits per heavy atom. The number of hydrogen-bond acceptors (Lipinski definition) is 4. The molecule has 0 aliphatic heterocycles. The molecule has 2 rings (SSSR count). The third-order valence-corrected chi connectivity index (χ3v) is 3.26. The van der Waals surface area contributed by atoms with Gasteiger partial charge in [-0.05, 0) is 11.6 Å². The molecule has 2 atom stereocenters. The number of aromatic amines is 1. The average molecular weight is 262 g/mol. The number of carbonyl (C=O) groups excluding carboxylic acids is 1. The summed E-state index contributed by atoms with van der Waals surface area (Å²) in [5, 5.41) is 11.9. The number of fused-ring (bicyclic) bond motifs is 1.